The molecule has 0 aliphatic heterocycles. The molecule has 7 nitrogen and oxygen atoms in total. The van der Waals surface area contributed by atoms with E-state index < -0.39 is 39.5 Å². The highest BCUT2D eigenvalue weighted by Crippen LogP contribution is 2.43. The van der Waals surface area contributed by atoms with E-state index in [0.717, 1.165) is 28.0 Å². The van der Waals surface area contributed by atoms with Gasteiger partial charge >= 0.3 is 12.1 Å². The van der Waals surface area contributed by atoms with Gasteiger partial charge in [-0.15, -0.1) is 11.3 Å². The van der Waals surface area contributed by atoms with Crippen LogP contribution in [0.25, 0.3) is 20.8 Å². The Kier molecular flexibility index (Phi) is 7.68. The van der Waals surface area contributed by atoms with Crippen LogP contribution in [0.15, 0.2) is 59.5 Å². The van der Waals surface area contributed by atoms with Crippen molar-refractivity contribution in [2.45, 2.75) is 42.7 Å². The van der Waals surface area contributed by atoms with Gasteiger partial charge in [0.2, 0.25) is 0 Å². The highest BCUT2D eigenvalue weighted by molar-refractivity contribution is 7.92. The number of hydrogen-bond donors (Lipinski definition) is 2. The van der Waals surface area contributed by atoms with E-state index in [1.54, 1.807) is 6.07 Å². The Morgan fingerprint density at radius 3 is 2.34 bits per heavy atom. The maximum Gasteiger partial charge on any atom is 0.391 e. The fraction of sp³-hybridized carbons (Fsp3) is 0.286. The van der Waals surface area contributed by atoms with Gasteiger partial charge < -0.3 is 9.84 Å². The number of nitrogens with one attached hydrogen (secondary N) is 1. The summed E-state index contributed by atoms with van der Waals surface area (Å²) in [7, 11) is -3.02. The van der Waals surface area contributed by atoms with Crippen LogP contribution in [0.4, 0.5) is 23.2 Å². The van der Waals surface area contributed by atoms with Crippen molar-refractivity contribution in [1.29, 1.82) is 0 Å². The summed E-state index contributed by atoms with van der Waals surface area (Å²) >= 11 is 1.35. The van der Waals surface area contributed by atoms with E-state index in [4.69, 9.17) is 9.84 Å². The molecule has 0 unspecified atom stereocenters. The Bertz CT molecular complexity index is 1710. The zero-order chi connectivity index (χ0) is 29.5. The molecule has 2 N–H and O–H groups in total. The Labute approximate surface area is 236 Å². The molecule has 0 spiro atoms. The number of carbonyl (C=O) groups is 1. The Hall–Kier alpha value is -3.71. The Balaban J connectivity index is 1.35. The predicted octanol–water partition coefficient (Wildman–Crippen LogP) is 7.45. The SMILES string of the molecule is COc1cc(C(=O)O)c(F)cc1NS(=O)(=O)c1ccc2sc(-c3ccc(C4CCC(C(F)(F)F)CC4)cc3)nc2c1. The van der Waals surface area contributed by atoms with E-state index in [9.17, 15) is 30.8 Å². The van der Waals surface area contributed by atoms with Crippen molar-refractivity contribution in [2.75, 3.05) is 11.8 Å². The highest BCUT2D eigenvalue weighted by atomic mass is 32.2. The van der Waals surface area contributed by atoms with Crippen molar-refractivity contribution in [3.05, 3.63) is 71.5 Å². The zero-order valence-electron chi connectivity index (χ0n) is 21.5. The van der Waals surface area contributed by atoms with Crippen LogP contribution in [0.5, 0.6) is 5.75 Å². The number of halogens is 4. The van der Waals surface area contributed by atoms with Gasteiger partial charge in [-0.1, -0.05) is 24.3 Å². The molecule has 3 aromatic carbocycles. The number of anilines is 1. The van der Waals surface area contributed by atoms with Crippen LogP contribution in [0.2, 0.25) is 0 Å². The fourth-order valence-electron chi connectivity index (χ4n) is 5.02. The third kappa shape index (κ3) is 6.01. The number of ether oxygens (including phenoxy) is 1. The van der Waals surface area contributed by atoms with Crippen molar-refractivity contribution >= 4 is 43.2 Å². The minimum Gasteiger partial charge on any atom is -0.495 e. The van der Waals surface area contributed by atoms with Crippen molar-refractivity contribution in [3.63, 3.8) is 0 Å². The van der Waals surface area contributed by atoms with Gasteiger partial charge in [-0.05, 0) is 61.4 Å². The average molecular weight is 609 g/mol. The molecule has 1 heterocycles. The first-order valence-corrected chi connectivity index (χ1v) is 14.9. The second-order valence-electron chi connectivity index (χ2n) is 9.80. The largest absolute Gasteiger partial charge is 0.495 e. The molecule has 1 fully saturated rings. The molecule has 1 aliphatic carbocycles. The Morgan fingerprint density at radius 2 is 1.73 bits per heavy atom. The van der Waals surface area contributed by atoms with Gasteiger partial charge in [0.1, 0.15) is 16.6 Å². The minimum atomic E-state index is -4.22. The minimum absolute atomic E-state index is 0.0747. The van der Waals surface area contributed by atoms with Crippen molar-refractivity contribution in [3.8, 4) is 16.3 Å². The molecule has 41 heavy (non-hydrogen) atoms. The van der Waals surface area contributed by atoms with Crippen molar-refractivity contribution < 1.29 is 40.6 Å². The third-order valence-electron chi connectivity index (χ3n) is 7.25. The van der Waals surface area contributed by atoms with Gasteiger partial charge in [-0.2, -0.15) is 13.2 Å². The molecule has 4 aromatic rings. The van der Waals surface area contributed by atoms with E-state index in [1.807, 2.05) is 24.3 Å². The molecule has 0 atom stereocenters. The number of carboxylic acids is 1. The standard InChI is InChI=1S/C28H24F4N2O5S2/c1-39-24-13-20(27(35)36)21(29)14-22(24)34-41(37,38)19-10-11-25-23(12-19)33-26(40-25)17-4-2-15(3-5-17)16-6-8-18(9-7-16)28(30,31)32/h2-5,10-14,16,18,34H,6-9H2,1H3,(H,35,36). The summed E-state index contributed by atoms with van der Waals surface area (Å²) in [5.41, 5.74) is 1.27. The lowest BCUT2D eigenvalue weighted by molar-refractivity contribution is -0.182. The number of benzene rings is 3. The first kappa shape index (κ1) is 28.8. The van der Waals surface area contributed by atoms with Gasteiger partial charge in [0.15, 0.2) is 0 Å². The number of carboxylic acid groups (broad SMARTS) is 1. The summed E-state index contributed by atoms with van der Waals surface area (Å²) in [6.07, 6.45) is -2.92. The second kappa shape index (κ2) is 10.9. The molecule has 216 valence electrons. The maximum atomic E-state index is 14.2. The molecule has 0 radical (unpaired) electrons. The number of alkyl halides is 3. The summed E-state index contributed by atoms with van der Waals surface area (Å²) in [6.45, 7) is 0. The topological polar surface area (TPSA) is 106 Å². The first-order chi connectivity index (χ1) is 19.4. The molecule has 0 amide bonds. The number of rotatable bonds is 7. The summed E-state index contributed by atoms with van der Waals surface area (Å²) < 4.78 is 87.4. The molecule has 0 bridgehead atoms. The summed E-state index contributed by atoms with van der Waals surface area (Å²) in [6, 6.07) is 13.5. The van der Waals surface area contributed by atoms with E-state index in [-0.39, 0.29) is 35.1 Å². The van der Waals surface area contributed by atoms with Gasteiger partial charge in [0.25, 0.3) is 10.0 Å². The molecule has 1 aliphatic rings. The fourth-order valence-corrected chi connectivity index (χ4v) is 7.05. The highest BCUT2D eigenvalue weighted by Gasteiger charge is 2.41. The number of hydrogen-bond acceptors (Lipinski definition) is 6. The smallest absolute Gasteiger partial charge is 0.391 e. The number of aromatic nitrogens is 1. The lowest BCUT2D eigenvalue weighted by Gasteiger charge is -2.30. The van der Waals surface area contributed by atoms with E-state index >= 15 is 0 Å². The number of methoxy groups -OCH3 is 1. The second-order valence-corrected chi connectivity index (χ2v) is 12.5. The Morgan fingerprint density at radius 1 is 1.05 bits per heavy atom. The number of fused-ring (bicyclic) bond motifs is 1. The summed E-state index contributed by atoms with van der Waals surface area (Å²) in [5.74, 6) is -3.98. The molecule has 13 heteroatoms. The van der Waals surface area contributed by atoms with Crippen LogP contribution in [0.1, 0.15) is 47.5 Å². The monoisotopic (exact) mass is 608 g/mol. The molecule has 1 saturated carbocycles. The maximum absolute atomic E-state index is 14.2. The van der Waals surface area contributed by atoms with Crippen LogP contribution in [-0.4, -0.2) is 37.8 Å². The average Bonchev–Trinajstić information content (AvgIpc) is 3.36. The van der Waals surface area contributed by atoms with Crippen molar-refractivity contribution in [1.82, 2.24) is 4.98 Å². The lowest BCUT2D eigenvalue weighted by atomic mass is 9.78. The zero-order valence-corrected chi connectivity index (χ0v) is 23.2. The number of aromatic carboxylic acids is 1. The van der Waals surface area contributed by atoms with Crippen LogP contribution in [0, 0.1) is 11.7 Å². The number of sulfonamides is 1. The van der Waals surface area contributed by atoms with Gasteiger partial charge in [0, 0.05) is 11.6 Å². The van der Waals surface area contributed by atoms with Crippen LogP contribution in [-0.2, 0) is 10.0 Å². The molecule has 1 aromatic heterocycles. The normalized spacial score (nSPS) is 17.9. The summed E-state index contributed by atoms with van der Waals surface area (Å²) in [4.78, 5) is 15.6. The molecule has 5 rings (SSSR count). The van der Waals surface area contributed by atoms with Crippen molar-refractivity contribution in [2.24, 2.45) is 5.92 Å². The van der Waals surface area contributed by atoms with Gasteiger partial charge in [-0.25, -0.2) is 22.6 Å². The lowest BCUT2D eigenvalue weighted by Crippen LogP contribution is -2.27. The predicted molar refractivity (Wildman–Crippen MR) is 147 cm³/mol. The first-order valence-electron chi connectivity index (χ1n) is 12.6. The molecular weight excluding hydrogens is 584 g/mol. The third-order valence-corrected chi connectivity index (χ3v) is 9.70. The van der Waals surface area contributed by atoms with E-state index in [2.05, 4.69) is 9.71 Å². The quantitative estimate of drug-likeness (QED) is 0.211. The number of thiazole rings is 1. The van der Waals surface area contributed by atoms with E-state index in [1.165, 1.54) is 30.6 Å². The van der Waals surface area contributed by atoms with Crippen LogP contribution in [0.3, 0.4) is 0 Å². The van der Waals surface area contributed by atoms with Gasteiger partial charge in [0.05, 0.1) is 39.4 Å². The van der Waals surface area contributed by atoms with Gasteiger partial charge in [-0.3, -0.25) is 4.72 Å². The van der Waals surface area contributed by atoms with E-state index in [0.29, 0.717) is 23.4 Å². The molecular formula is C28H24F4N2O5S2. The number of nitrogens with zero attached hydrogens (tertiary/aromatic N) is 1. The molecule has 0 saturated heterocycles. The van der Waals surface area contributed by atoms with Crippen LogP contribution < -0.4 is 9.46 Å². The van der Waals surface area contributed by atoms with Crippen LogP contribution >= 0.6 is 11.3 Å². The summed E-state index contributed by atoms with van der Waals surface area (Å²) in [5, 5.41) is 9.75.